The Bertz CT molecular complexity index is 775. The van der Waals surface area contributed by atoms with Gasteiger partial charge >= 0.3 is 0 Å². The summed E-state index contributed by atoms with van der Waals surface area (Å²) in [6.45, 7) is 0. The summed E-state index contributed by atoms with van der Waals surface area (Å²) in [5.41, 5.74) is 7.74. The number of hydrogen-bond acceptors (Lipinski definition) is 3. The smallest absolute Gasteiger partial charge is 0.259 e. The maximum atomic E-state index is 12.3. The van der Waals surface area contributed by atoms with Crippen molar-refractivity contribution in [3.8, 4) is 0 Å². The molecule has 2 aromatic carbocycles. The van der Waals surface area contributed by atoms with Crippen LogP contribution in [0.1, 0.15) is 10.4 Å². The highest BCUT2D eigenvalue weighted by Crippen LogP contribution is 2.29. The average Bonchev–Trinajstić information content (AvgIpc) is 2.87. The second kappa shape index (κ2) is 4.90. The fourth-order valence-corrected chi connectivity index (χ4v) is 2.24. The lowest BCUT2D eigenvalue weighted by Gasteiger charge is -2.09. The Morgan fingerprint density at radius 1 is 1.15 bits per heavy atom. The molecule has 0 aliphatic carbocycles. The Kier molecular flexibility index (Phi) is 3.08. The van der Waals surface area contributed by atoms with Gasteiger partial charge in [0.1, 0.15) is 11.8 Å². The number of rotatable bonds is 2. The van der Waals surface area contributed by atoms with E-state index < -0.39 is 0 Å². The van der Waals surface area contributed by atoms with Gasteiger partial charge in [-0.1, -0.05) is 35.9 Å². The van der Waals surface area contributed by atoms with Gasteiger partial charge in [-0.2, -0.15) is 0 Å². The van der Waals surface area contributed by atoms with Crippen LogP contribution in [0, 0.1) is 0 Å². The third kappa shape index (κ3) is 2.10. The van der Waals surface area contributed by atoms with Crippen molar-refractivity contribution in [2.45, 2.75) is 0 Å². The van der Waals surface area contributed by atoms with E-state index in [1.807, 2.05) is 18.2 Å². The number of para-hydroxylation sites is 2. The molecule has 4 nitrogen and oxygen atoms in total. The molecular formula is C15H11ClN2O2. The predicted molar refractivity (Wildman–Crippen MR) is 80.0 cm³/mol. The molecule has 0 radical (unpaired) electrons. The highest BCUT2D eigenvalue weighted by atomic mass is 35.5. The SMILES string of the molecule is Nc1cccc(Cl)c1NC(=O)c1coc2ccccc12. The van der Waals surface area contributed by atoms with E-state index in [-0.39, 0.29) is 5.91 Å². The third-order valence-corrected chi connectivity index (χ3v) is 3.32. The predicted octanol–water partition coefficient (Wildman–Crippen LogP) is 3.92. The van der Waals surface area contributed by atoms with Gasteiger partial charge in [0.25, 0.3) is 5.91 Å². The van der Waals surface area contributed by atoms with Crippen LogP contribution < -0.4 is 11.1 Å². The molecule has 0 saturated heterocycles. The van der Waals surface area contributed by atoms with E-state index in [1.54, 1.807) is 24.3 Å². The van der Waals surface area contributed by atoms with E-state index in [0.717, 1.165) is 5.39 Å². The molecule has 0 aliphatic rings. The summed E-state index contributed by atoms with van der Waals surface area (Å²) in [6, 6.07) is 12.4. The van der Waals surface area contributed by atoms with Gasteiger partial charge in [0.05, 0.1) is 22.0 Å². The van der Waals surface area contributed by atoms with E-state index in [1.165, 1.54) is 6.26 Å². The van der Waals surface area contributed by atoms with Gasteiger partial charge < -0.3 is 15.5 Å². The number of nitrogen functional groups attached to an aromatic ring is 1. The summed E-state index contributed by atoms with van der Waals surface area (Å²) in [7, 11) is 0. The van der Waals surface area contributed by atoms with Gasteiger partial charge in [0, 0.05) is 5.39 Å². The first kappa shape index (κ1) is 12.6. The van der Waals surface area contributed by atoms with Gasteiger partial charge in [-0.15, -0.1) is 0 Å². The van der Waals surface area contributed by atoms with Crippen LogP contribution in [0.25, 0.3) is 11.0 Å². The van der Waals surface area contributed by atoms with Crippen LogP contribution in [0.2, 0.25) is 5.02 Å². The zero-order valence-corrected chi connectivity index (χ0v) is 11.1. The molecule has 1 amide bonds. The number of carbonyl (C=O) groups excluding carboxylic acids is 1. The highest BCUT2D eigenvalue weighted by Gasteiger charge is 2.15. The number of nitrogens with one attached hydrogen (secondary N) is 1. The number of furan rings is 1. The van der Waals surface area contributed by atoms with Crippen molar-refractivity contribution in [2.75, 3.05) is 11.1 Å². The van der Waals surface area contributed by atoms with Crippen molar-refractivity contribution >= 4 is 39.9 Å². The molecule has 0 aliphatic heterocycles. The molecule has 0 bridgehead atoms. The second-order valence-electron chi connectivity index (χ2n) is 4.30. The number of nitrogens with two attached hydrogens (primary N) is 1. The quantitative estimate of drug-likeness (QED) is 0.702. The van der Waals surface area contributed by atoms with Crippen LogP contribution in [0.4, 0.5) is 11.4 Å². The molecule has 3 rings (SSSR count). The van der Waals surface area contributed by atoms with Crippen molar-refractivity contribution in [3.05, 3.63) is 59.3 Å². The topological polar surface area (TPSA) is 68.3 Å². The van der Waals surface area contributed by atoms with Crippen molar-refractivity contribution in [3.63, 3.8) is 0 Å². The van der Waals surface area contributed by atoms with Crippen LogP contribution in [0.3, 0.4) is 0 Å². The number of benzene rings is 2. The number of hydrogen-bond donors (Lipinski definition) is 2. The first-order valence-corrected chi connectivity index (χ1v) is 6.36. The van der Waals surface area contributed by atoms with E-state index in [2.05, 4.69) is 5.32 Å². The Morgan fingerprint density at radius 2 is 1.95 bits per heavy atom. The third-order valence-electron chi connectivity index (χ3n) is 3.01. The fourth-order valence-electron chi connectivity index (χ4n) is 2.01. The number of carbonyl (C=O) groups is 1. The summed E-state index contributed by atoms with van der Waals surface area (Å²) in [6.07, 6.45) is 1.42. The fraction of sp³-hybridized carbons (Fsp3) is 0. The first-order valence-electron chi connectivity index (χ1n) is 5.98. The van der Waals surface area contributed by atoms with Crippen molar-refractivity contribution < 1.29 is 9.21 Å². The zero-order valence-electron chi connectivity index (χ0n) is 10.4. The van der Waals surface area contributed by atoms with E-state index in [9.17, 15) is 4.79 Å². The largest absolute Gasteiger partial charge is 0.463 e. The van der Waals surface area contributed by atoms with Gasteiger partial charge in [0.15, 0.2) is 0 Å². The summed E-state index contributed by atoms with van der Waals surface area (Å²) in [5.74, 6) is -0.310. The van der Waals surface area contributed by atoms with Crippen LogP contribution in [-0.4, -0.2) is 5.91 Å². The summed E-state index contributed by atoms with van der Waals surface area (Å²) >= 11 is 6.04. The zero-order chi connectivity index (χ0) is 14.1. The minimum atomic E-state index is -0.310. The standard InChI is InChI=1S/C15H11ClN2O2/c16-11-5-3-6-12(17)14(11)18-15(19)10-8-20-13-7-2-1-4-9(10)13/h1-8H,17H2,(H,18,19). The summed E-state index contributed by atoms with van der Waals surface area (Å²) < 4.78 is 5.34. The van der Waals surface area contributed by atoms with Gasteiger partial charge in [-0.25, -0.2) is 0 Å². The number of anilines is 2. The Morgan fingerprint density at radius 3 is 2.75 bits per heavy atom. The van der Waals surface area contributed by atoms with Gasteiger partial charge in [-0.05, 0) is 18.2 Å². The molecule has 5 heteroatoms. The minimum absolute atomic E-state index is 0.310. The van der Waals surface area contributed by atoms with E-state index >= 15 is 0 Å². The summed E-state index contributed by atoms with van der Waals surface area (Å²) in [5, 5.41) is 3.86. The van der Waals surface area contributed by atoms with Crippen molar-refractivity contribution in [2.24, 2.45) is 0 Å². The molecule has 1 aromatic heterocycles. The van der Waals surface area contributed by atoms with Gasteiger partial charge in [0.2, 0.25) is 0 Å². The summed E-state index contributed by atoms with van der Waals surface area (Å²) in [4.78, 5) is 12.3. The normalized spacial score (nSPS) is 10.7. The van der Waals surface area contributed by atoms with Crippen LogP contribution in [0.5, 0.6) is 0 Å². The second-order valence-corrected chi connectivity index (χ2v) is 4.71. The van der Waals surface area contributed by atoms with Crippen LogP contribution >= 0.6 is 11.6 Å². The Hall–Kier alpha value is -2.46. The number of fused-ring (bicyclic) bond motifs is 1. The Labute approximate surface area is 120 Å². The molecule has 3 aromatic rings. The first-order chi connectivity index (χ1) is 9.66. The molecule has 0 spiro atoms. The monoisotopic (exact) mass is 286 g/mol. The maximum absolute atomic E-state index is 12.3. The van der Waals surface area contributed by atoms with Crippen LogP contribution in [0.15, 0.2) is 53.1 Å². The lowest BCUT2D eigenvalue weighted by molar-refractivity contribution is 0.102. The molecule has 0 unspecified atom stereocenters. The lowest BCUT2D eigenvalue weighted by atomic mass is 10.1. The molecule has 20 heavy (non-hydrogen) atoms. The van der Waals surface area contributed by atoms with E-state index in [0.29, 0.717) is 27.5 Å². The highest BCUT2D eigenvalue weighted by molar-refractivity contribution is 6.34. The number of halogens is 1. The van der Waals surface area contributed by atoms with Crippen molar-refractivity contribution in [1.82, 2.24) is 0 Å². The molecule has 1 heterocycles. The van der Waals surface area contributed by atoms with Crippen LogP contribution in [-0.2, 0) is 0 Å². The number of amides is 1. The lowest BCUT2D eigenvalue weighted by Crippen LogP contribution is -2.13. The molecule has 0 saturated carbocycles. The Balaban J connectivity index is 1.98. The molecule has 100 valence electrons. The average molecular weight is 287 g/mol. The molecule has 0 atom stereocenters. The minimum Gasteiger partial charge on any atom is -0.463 e. The van der Waals surface area contributed by atoms with E-state index in [4.69, 9.17) is 21.8 Å². The molecule has 3 N–H and O–H groups in total. The maximum Gasteiger partial charge on any atom is 0.259 e. The van der Waals surface area contributed by atoms with Gasteiger partial charge in [-0.3, -0.25) is 4.79 Å². The molecule has 0 fully saturated rings. The molecular weight excluding hydrogens is 276 g/mol. The van der Waals surface area contributed by atoms with Crippen molar-refractivity contribution in [1.29, 1.82) is 0 Å².